The fourth-order valence-electron chi connectivity index (χ4n) is 8.53. The fourth-order valence-corrected chi connectivity index (χ4v) is 9.62. The van der Waals surface area contributed by atoms with E-state index in [1.807, 2.05) is 29.5 Å². The first-order valence-electron chi connectivity index (χ1n) is 17.8. The van der Waals surface area contributed by atoms with E-state index in [1.54, 1.807) is 0 Å². The molecule has 0 saturated carbocycles. The molecule has 1 aliphatic heterocycles. The van der Waals surface area contributed by atoms with Gasteiger partial charge in [0.25, 0.3) is 0 Å². The average Bonchev–Trinajstić information content (AvgIpc) is 3.79. The molecule has 0 spiro atoms. The molecule has 2 atom stereocenters. The molecule has 53 heavy (non-hydrogen) atoms. The standard InChI is InChI=1S/C50H30OS.U/c1-2-12-31(13-3-1)32-22-24-33(25-23-32)47-37-15-4-6-17-39(37)48(40-18-7-5-16-38(40)47)42-28-27-35(50-49(42)41-19-8-10-20-44(41)51-50)34-26-29-46-43(30-34)36-14-9-11-21-45(36)52-46;/h1-12,14-22,24-30,41,44H;/q-2;+2. The van der Waals surface area contributed by atoms with Gasteiger partial charge in [-0.2, -0.15) is 36.4 Å². The molecular weight excluding hydrogens is 887 g/mol. The van der Waals surface area contributed by atoms with Crippen molar-refractivity contribution in [2.45, 2.75) is 12.0 Å². The minimum Gasteiger partial charge on any atom is -0.484 e. The zero-order valence-electron chi connectivity index (χ0n) is 28.6. The normalized spacial score (nSPS) is 15.8. The van der Waals surface area contributed by atoms with Crippen molar-refractivity contribution >= 4 is 53.1 Å². The van der Waals surface area contributed by atoms with E-state index in [-0.39, 0.29) is 43.1 Å². The third-order valence-electron chi connectivity index (χ3n) is 10.9. The maximum absolute atomic E-state index is 6.96. The third kappa shape index (κ3) is 5.18. The molecule has 0 bridgehead atoms. The molecule has 0 fully saturated rings. The summed E-state index contributed by atoms with van der Waals surface area (Å²) < 4.78 is 9.59. The fraction of sp³-hybridized carbons (Fsp3) is 0.0400. The number of fused-ring (bicyclic) bond motifs is 8. The van der Waals surface area contributed by atoms with Crippen molar-refractivity contribution in [1.29, 1.82) is 0 Å². The predicted octanol–water partition coefficient (Wildman–Crippen LogP) is 13.6. The van der Waals surface area contributed by atoms with Crippen LogP contribution in [0.3, 0.4) is 0 Å². The second-order valence-corrected chi connectivity index (χ2v) is 14.8. The Morgan fingerprint density at radius 3 is 1.89 bits per heavy atom. The van der Waals surface area contributed by atoms with Gasteiger partial charge in [0.15, 0.2) is 0 Å². The Morgan fingerprint density at radius 1 is 0.509 bits per heavy atom. The van der Waals surface area contributed by atoms with Crippen LogP contribution in [-0.2, 0) is 0 Å². The quantitative estimate of drug-likeness (QED) is 0.126. The molecule has 246 valence electrons. The van der Waals surface area contributed by atoms with Crippen LogP contribution < -0.4 is 4.74 Å². The molecule has 0 radical (unpaired) electrons. The number of hydrogen-bond acceptors (Lipinski definition) is 2. The Balaban J connectivity index is 0.00000349. The van der Waals surface area contributed by atoms with Crippen molar-refractivity contribution in [3.63, 3.8) is 0 Å². The summed E-state index contributed by atoms with van der Waals surface area (Å²) in [7, 11) is 0. The van der Waals surface area contributed by atoms with Crippen LogP contribution in [0.2, 0.25) is 0 Å². The van der Waals surface area contributed by atoms with Gasteiger partial charge in [-0.25, -0.2) is 11.1 Å². The molecule has 2 aliphatic rings. The minimum absolute atomic E-state index is 0. The molecule has 0 saturated heterocycles. The number of ether oxygens (including phenoxy) is 1. The maximum atomic E-state index is 6.96. The number of hydrogen-bond donors (Lipinski definition) is 0. The van der Waals surface area contributed by atoms with Gasteiger partial charge in [-0.15, -0.1) is 29.5 Å². The van der Waals surface area contributed by atoms with E-state index in [9.17, 15) is 0 Å². The monoisotopic (exact) mass is 916 g/mol. The van der Waals surface area contributed by atoms with Gasteiger partial charge in [-0.1, -0.05) is 109 Å². The van der Waals surface area contributed by atoms with Crippen molar-refractivity contribution in [3.8, 4) is 50.3 Å². The Labute approximate surface area is 336 Å². The summed E-state index contributed by atoms with van der Waals surface area (Å²) >= 11 is 1.86. The van der Waals surface area contributed by atoms with Crippen molar-refractivity contribution < 1.29 is 35.9 Å². The molecule has 9 aromatic rings. The number of thiophene rings is 1. The summed E-state index contributed by atoms with van der Waals surface area (Å²) in [6.45, 7) is 0. The van der Waals surface area contributed by atoms with Crippen molar-refractivity contribution in [1.82, 2.24) is 0 Å². The van der Waals surface area contributed by atoms with E-state index < -0.39 is 0 Å². The summed E-state index contributed by atoms with van der Waals surface area (Å²) in [6.07, 6.45) is 8.78. The van der Waals surface area contributed by atoms with Gasteiger partial charge in [-0.3, -0.25) is 0 Å². The Morgan fingerprint density at radius 2 is 1.15 bits per heavy atom. The molecule has 8 aromatic carbocycles. The summed E-state index contributed by atoms with van der Waals surface area (Å²) in [4.78, 5) is 0. The van der Waals surface area contributed by atoms with Gasteiger partial charge in [0.05, 0.1) is 0 Å². The molecule has 3 heteroatoms. The average molecular weight is 917 g/mol. The first-order valence-corrected chi connectivity index (χ1v) is 18.6. The summed E-state index contributed by atoms with van der Waals surface area (Å²) in [5.74, 6) is 1.11. The first-order chi connectivity index (χ1) is 25.8. The molecular formula is C50H30OSU. The molecule has 1 aromatic heterocycles. The summed E-state index contributed by atoms with van der Waals surface area (Å²) in [6, 6.07) is 59.6. The Bertz CT molecular complexity index is 2880. The summed E-state index contributed by atoms with van der Waals surface area (Å²) in [5.41, 5.74) is 10.5. The smallest absolute Gasteiger partial charge is 0.484 e. The van der Waals surface area contributed by atoms with E-state index in [1.165, 1.54) is 69.5 Å². The van der Waals surface area contributed by atoms with Crippen LogP contribution >= 0.6 is 11.3 Å². The topological polar surface area (TPSA) is 9.23 Å². The van der Waals surface area contributed by atoms with Crippen LogP contribution in [0.5, 0.6) is 5.75 Å². The van der Waals surface area contributed by atoms with Crippen LogP contribution in [0.15, 0.2) is 170 Å². The Hall–Kier alpha value is -5.17. The maximum Gasteiger partial charge on any atom is 2.00 e. The van der Waals surface area contributed by atoms with Gasteiger partial charge in [-0.05, 0) is 68.1 Å². The third-order valence-corrected chi connectivity index (χ3v) is 12.0. The molecule has 0 amide bonds. The molecule has 0 N–H and O–H groups in total. The Kier molecular flexibility index (Phi) is 8.00. The van der Waals surface area contributed by atoms with Crippen molar-refractivity contribution in [2.24, 2.45) is 0 Å². The number of benzene rings is 8. The van der Waals surface area contributed by atoms with Crippen LogP contribution in [0.1, 0.15) is 11.5 Å². The van der Waals surface area contributed by atoms with Gasteiger partial charge >= 0.3 is 31.1 Å². The minimum atomic E-state index is -0.0432. The molecule has 2 unspecified atom stereocenters. The molecule has 2 heterocycles. The van der Waals surface area contributed by atoms with Gasteiger partial charge in [0.1, 0.15) is 11.9 Å². The van der Waals surface area contributed by atoms with Crippen LogP contribution in [0.25, 0.3) is 86.2 Å². The number of allylic oxidation sites excluding steroid dienone is 2. The molecule has 1 aliphatic carbocycles. The largest absolute Gasteiger partial charge is 2.00 e. The van der Waals surface area contributed by atoms with Gasteiger partial charge in [0, 0.05) is 37.2 Å². The van der Waals surface area contributed by atoms with Crippen molar-refractivity contribution in [2.75, 3.05) is 0 Å². The second-order valence-electron chi connectivity index (χ2n) is 13.7. The van der Waals surface area contributed by atoms with Crippen molar-refractivity contribution in [3.05, 3.63) is 188 Å². The van der Waals surface area contributed by atoms with Crippen LogP contribution in [-0.4, -0.2) is 6.10 Å². The predicted molar refractivity (Wildman–Crippen MR) is 219 cm³/mol. The first kappa shape index (κ1) is 32.5. The second kappa shape index (κ2) is 13.0. The van der Waals surface area contributed by atoms with E-state index in [2.05, 4.69) is 164 Å². The zero-order chi connectivity index (χ0) is 34.2. The van der Waals surface area contributed by atoms with Crippen LogP contribution in [0.4, 0.5) is 0 Å². The van der Waals surface area contributed by atoms with Gasteiger partial charge in [0.2, 0.25) is 0 Å². The van der Waals surface area contributed by atoms with E-state index in [4.69, 9.17) is 4.74 Å². The van der Waals surface area contributed by atoms with E-state index >= 15 is 0 Å². The molecule has 11 rings (SSSR count). The van der Waals surface area contributed by atoms with Gasteiger partial charge < -0.3 is 4.74 Å². The number of rotatable bonds is 4. The van der Waals surface area contributed by atoms with E-state index in [0.29, 0.717) is 0 Å². The summed E-state index contributed by atoms with van der Waals surface area (Å²) in [5, 5.41) is 7.53. The van der Waals surface area contributed by atoms with Crippen LogP contribution in [0, 0.1) is 43.2 Å². The molecule has 1 nitrogen and oxygen atoms in total. The SMILES string of the molecule is [U+2].[c-]1ccccc1-c1[c-]cc(-c2c3ccccc3c(-c3ccc(-c4ccc5sc6ccccc6c5c4)c4c3C3C=CC=CC3O4)c3ccccc23)cc1. The zero-order valence-corrected chi connectivity index (χ0v) is 33.6. The van der Waals surface area contributed by atoms with E-state index in [0.717, 1.165) is 28.0 Å².